The molecule has 2 aromatic carbocycles. The first-order valence-electron chi connectivity index (χ1n) is 11.9. The SMILES string of the molecule is CCNC1CN(c2cc3c(cc2F)c(=O)c(C(=O)OCC)cn3-c2cc(N)c(F)cc2COC(C)=O)C1. The number of rotatable bonds is 8. The topological polar surface area (TPSA) is 116 Å². The summed E-state index contributed by atoms with van der Waals surface area (Å²) in [7, 11) is 0. The van der Waals surface area contributed by atoms with Crippen LogP contribution < -0.4 is 21.4 Å². The third-order valence-corrected chi connectivity index (χ3v) is 6.17. The van der Waals surface area contributed by atoms with Crippen LogP contribution in [0.4, 0.5) is 20.2 Å². The Kier molecular flexibility index (Phi) is 7.44. The fourth-order valence-electron chi connectivity index (χ4n) is 4.36. The van der Waals surface area contributed by atoms with Crippen LogP contribution in [0, 0.1) is 11.6 Å². The third-order valence-electron chi connectivity index (χ3n) is 6.17. The van der Waals surface area contributed by atoms with Crippen molar-refractivity contribution in [3.63, 3.8) is 0 Å². The van der Waals surface area contributed by atoms with E-state index < -0.39 is 29.0 Å². The average Bonchev–Trinajstić information content (AvgIpc) is 2.82. The Hall–Kier alpha value is -3.99. The fraction of sp³-hybridized carbons (Fsp3) is 0.346. The molecular formula is C26H28F2N4O5. The number of carbonyl (C=O) groups is 2. The van der Waals surface area contributed by atoms with Crippen LogP contribution in [0.3, 0.4) is 0 Å². The molecule has 1 saturated heterocycles. The summed E-state index contributed by atoms with van der Waals surface area (Å²) in [6, 6.07) is 5.23. The zero-order valence-corrected chi connectivity index (χ0v) is 20.8. The lowest BCUT2D eigenvalue weighted by Crippen LogP contribution is -2.58. The Labute approximate surface area is 211 Å². The molecule has 0 bridgehead atoms. The van der Waals surface area contributed by atoms with Crippen LogP contribution in [0.25, 0.3) is 16.6 Å². The van der Waals surface area contributed by atoms with Gasteiger partial charge in [-0.2, -0.15) is 0 Å². The number of nitrogen functional groups attached to an aromatic ring is 1. The molecule has 3 aromatic rings. The number of hydrogen-bond acceptors (Lipinski definition) is 8. The smallest absolute Gasteiger partial charge is 0.343 e. The lowest BCUT2D eigenvalue weighted by atomic mass is 10.0. The van der Waals surface area contributed by atoms with Gasteiger partial charge in [0.1, 0.15) is 23.8 Å². The normalized spacial score (nSPS) is 13.5. The minimum absolute atomic E-state index is 0.0206. The highest BCUT2D eigenvalue weighted by Crippen LogP contribution is 2.31. The molecule has 0 spiro atoms. The lowest BCUT2D eigenvalue weighted by molar-refractivity contribution is -0.142. The maximum atomic E-state index is 15.3. The standard InChI is InChI=1S/C26H28F2N4O5/c1-4-30-16-10-31(11-16)24-9-23-17(7-20(24)28)25(34)18(26(35)36-5-2)12-32(23)22-8-21(29)19(27)6-15(22)13-37-14(3)33/h6-9,12,16,30H,4-5,10-11,13,29H2,1-3H3. The second-order valence-electron chi connectivity index (χ2n) is 8.73. The van der Waals surface area contributed by atoms with Gasteiger partial charge >= 0.3 is 11.9 Å². The first-order valence-corrected chi connectivity index (χ1v) is 11.9. The number of benzene rings is 2. The second-order valence-corrected chi connectivity index (χ2v) is 8.73. The quantitative estimate of drug-likeness (QED) is 0.348. The highest BCUT2D eigenvalue weighted by atomic mass is 19.1. The number of carbonyl (C=O) groups excluding carboxylic acids is 2. The lowest BCUT2D eigenvalue weighted by Gasteiger charge is -2.41. The maximum absolute atomic E-state index is 15.3. The summed E-state index contributed by atoms with van der Waals surface area (Å²) in [4.78, 5) is 39.2. The molecule has 0 saturated carbocycles. The zero-order chi connectivity index (χ0) is 26.9. The molecule has 4 rings (SSSR count). The molecule has 37 heavy (non-hydrogen) atoms. The summed E-state index contributed by atoms with van der Waals surface area (Å²) >= 11 is 0. The third kappa shape index (κ3) is 5.12. The average molecular weight is 515 g/mol. The molecule has 0 amide bonds. The van der Waals surface area contributed by atoms with Gasteiger partial charge in [-0.05, 0) is 37.7 Å². The van der Waals surface area contributed by atoms with Crippen molar-refractivity contribution in [1.29, 1.82) is 0 Å². The van der Waals surface area contributed by atoms with Crippen LogP contribution in [0.1, 0.15) is 36.7 Å². The molecule has 1 aliphatic heterocycles. The van der Waals surface area contributed by atoms with E-state index in [9.17, 15) is 18.8 Å². The van der Waals surface area contributed by atoms with Gasteiger partial charge in [0.15, 0.2) is 0 Å². The van der Waals surface area contributed by atoms with E-state index >= 15 is 4.39 Å². The Morgan fingerprint density at radius 1 is 1.08 bits per heavy atom. The minimum atomic E-state index is -0.888. The van der Waals surface area contributed by atoms with Crippen LogP contribution >= 0.6 is 0 Å². The highest BCUT2D eigenvalue weighted by Gasteiger charge is 2.29. The summed E-state index contributed by atoms with van der Waals surface area (Å²) < 4.78 is 41.2. The molecule has 3 N–H and O–H groups in total. The van der Waals surface area contributed by atoms with Crippen molar-refractivity contribution in [2.24, 2.45) is 0 Å². The van der Waals surface area contributed by atoms with Crippen molar-refractivity contribution in [2.45, 2.75) is 33.4 Å². The first kappa shape index (κ1) is 26.1. The fourth-order valence-corrected chi connectivity index (χ4v) is 4.36. The largest absolute Gasteiger partial charge is 0.462 e. The van der Waals surface area contributed by atoms with E-state index in [4.69, 9.17) is 15.2 Å². The van der Waals surface area contributed by atoms with Gasteiger partial charge in [-0.1, -0.05) is 6.92 Å². The van der Waals surface area contributed by atoms with Gasteiger partial charge < -0.3 is 30.0 Å². The Morgan fingerprint density at radius 2 is 1.81 bits per heavy atom. The molecule has 11 heteroatoms. The van der Waals surface area contributed by atoms with E-state index in [-0.39, 0.29) is 58.3 Å². The van der Waals surface area contributed by atoms with E-state index in [1.165, 1.54) is 29.8 Å². The van der Waals surface area contributed by atoms with E-state index in [0.29, 0.717) is 13.1 Å². The zero-order valence-electron chi connectivity index (χ0n) is 20.8. The number of nitrogens with two attached hydrogens (primary N) is 1. The molecule has 1 aliphatic rings. The van der Waals surface area contributed by atoms with Gasteiger partial charge in [0.05, 0.1) is 29.2 Å². The van der Waals surface area contributed by atoms with Crippen LogP contribution in [-0.4, -0.2) is 48.8 Å². The van der Waals surface area contributed by atoms with Gasteiger partial charge in [-0.25, -0.2) is 13.6 Å². The number of aromatic nitrogens is 1. The van der Waals surface area contributed by atoms with Crippen molar-refractivity contribution >= 4 is 34.2 Å². The molecule has 0 radical (unpaired) electrons. The van der Waals surface area contributed by atoms with E-state index in [1.807, 2.05) is 11.8 Å². The number of fused-ring (bicyclic) bond motifs is 1. The van der Waals surface area contributed by atoms with E-state index in [0.717, 1.165) is 18.7 Å². The summed E-state index contributed by atoms with van der Waals surface area (Å²) in [5, 5.41) is 3.22. The summed E-state index contributed by atoms with van der Waals surface area (Å²) in [6.07, 6.45) is 1.26. The van der Waals surface area contributed by atoms with E-state index in [1.54, 1.807) is 6.92 Å². The number of pyridine rings is 1. The number of likely N-dealkylation sites (N-methyl/N-ethyl adjacent to an activating group) is 1. The van der Waals surface area contributed by atoms with Crippen molar-refractivity contribution in [3.05, 3.63) is 63.4 Å². The Morgan fingerprint density at radius 3 is 2.46 bits per heavy atom. The molecule has 0 unspecified atom stereocenters. The first-order chi connectivity index (χ1) is 17.6. The Bertz CT molecular complexity index is 1430. The molecule has 2 heterocycles. The van der Waals surface area contributed by atoms with Crippen LogP contribution in [0.5, 0.6) is 0 Å². The molecule has 0 aliphatic carbocycles. The molecular weight excluding hydrogens is 486 g/mol. The second kappa shape index (κ2) is 10.6. The van der Waals surface area contributed by atoms with Gasteiger partial charge in [0, 0.05) is 43.2 Å². The summed E-state index contributed by atoms with van der Waals surface area (Å²) in [5.41, 5.74) is 5.62. The maximum Gasteiger partial charge on any atom is 0.343 e. The minimum Gasteiger partial charge on any atom is -0.462 e. The van der Waals surface area contributed by atoms with Crippen molar-refractivity contribution < 1.29 is 27.8 Å². The molecule has 9 nitrogen and oxygen atoms in total. The molecule has 1 aromatic heterocycles. The molecule has 1 fully saturated rings. The molecule has 196 valence electrons. The van der Waals surface area contributed by atoms with Crippen LogP contribution in [0.2, 0.25) is 0 Å². The van der Waals surface area contributed by atoms with Crippen LogP contribution in [-0.2, 0) is 20.9 Å². The van der Waals surface area contributed by atoms with Crippen molar-refractivity contribution in [3.8, 4) is 5.69 Å². The summed E-state index contributed by atoms with van der Waals surface area (Å²) in [6.45, 7) is 6.44. The number of halogens is 2. The van der Waals surface area contributed by atoms with Gasteiger partial charge in [-0.15, -0.1) is 0 Å². The highest BCUT2D eigenvalue weighted by molar-refractivity contribution is 5.95. The van der Waals surface area contributed by atoms with Gasteiger partial charge in [0.2, 0.25) is 5.43 Å². The number of hydrogen-bond donors (Lipinski definition) is 2. The predicted octanol–water partition coefficient (Wildman–Crippen LogP) is 2.89. The number of nitrogens with one attached hydrogen (secondary N) is 1. The molecule has 0 atom stereocenters. The van der Waals surface area contributed by atoms with E-state index in [2.05, 4.69) is 5.32 Å². The predicted molar refractivity (Wildman–Crippen MR) is 135 cm³/mol. The van der Waals surface area contributed by atoms with Crippen molar-refractivity contribution in [1.82, 2.24) is 9.88 Å². The number of nitrogens with zero attached hydrogens (tertiary/aromatic N) is 2. The Balaban J connectivity index is 1.97. The summed E-state index contributed by atoms with van der Waals surface area (Å²) in [5.74, 6) is -2.83. The number of esters is 2. The van der Waals surface area contributed by atoms with Crippen molar-refractivity contribution in [2.75, 3.05) is 36.9 Å². The number of ether oxygens (including phenoxy) is 2. The van der Waals surface area contributed by atoms with Gasteiger partial charge in [0.25, 0.3) is 0 Å². The number of anilines is 2. The monoisotopic (exact) mass is 514 g/mol. The van der Waals surface area contributed by atoms with Crippen LogP contribution in [0.15, 0.2) is 35.3 Å². The van der Waals surface area contributed by atoms with Gasteiger partial charge in [-0.3, -0.25) is 9.59 Å².